The Labute approximate surface area is 161 Å². The number of hydrogen-bond acceptors (Lipinski definition) is 4. The minimum absolute atomic E-state index is 0.336. The van der Waals surface area contributed by atoms with Crippen LogP contribution in [0.1, 0.15) is 37.7 Å². The molecule has 2 heterocycles. The van der Waals surface area contributed by atoms with Crippen molar-refractivity contribution in [2.45, 2.75) is 39.0 Å². The third-order valence-electron chi connectivity index (χ3n) is 5.97. The van der Waals surface area contributed by atoms with Gasteiger partial charge in [0.25, 0.3) is 0 Å². The molecule has 5 heteroatoms. The summed E-state index contributed by atoms with van der Waals surface area (Å²) in [7, 11) is 0. The van der Waals surface area contributed by atoms with Crippen molar-refractivity contribution < 1.29 is 4.79 Å². The predicted octanol–water partition coefficient (Wildman–Crippen LogP) is 3.68. The van der Waals surface area contributed by atoms with E-state index < -0.39 is 0 Å². The first kappa shape index (κ1) is 18.0. The number of aryl methyl sites for hydroxylation is 1. The quantitative estimate of drug-likeness (QED) is 0.830. The van der Waals surface area contributed by atoms with E-state index in [4.69, 9.17) is 0 Å². The van der Waals surface area contributed by atoms with Gasteiger partial charge in [-0.1, -0.05) is 37.1 Å². The topological polar surface area (TPSA) is 49.3 Å². The second-order valence-corrected chi connectivity index (χ2v) is 7.81. The van der Waals surface area contributed by atoms with Gasteiger partial charge >= 0.3 is 0 Å². The van der Waals surface area contributed by atoms with Gasteiger partial charge in [-0.25, -0.2) is 0 Å². The van der Waals surface area contributed by atoms with Crippen LogP contribution >= 0.6 is 0 Å². The third-order valence-corrected chi connectivity index (χ3v) is 5.97. The molecule has 27 heavy (non-hydrogen) atoms. The lowest BCUT2D eigenvalue weighted by Gasteiger charge is -2.35. The molecule has 1 saturated carbocycles. The molecule has 1 aliphatic carbocycles. The fourth-order valence-corrected chi connectivity index (χ4v) is 4.27. The van der Waals surface area contributed by atoms with E-state index in [2.05, 4.69) is 34.2 Å². The summed E-state index contributed by atoms with van der Waals surface area (Å²) in [6.45, 7) is 5.32. The Balaban J connectivity index is 1.34. The molecule has 2 fully saturated rings. The van der Waals surface area contributed by atoms with Crippen LogP contribution in [0.4, 0.5) is 5.82 Å². The molecule has 1 aromatic heterocycles. The van der Waals surface area contributed by atoms with E-state index in [1.807, 2.05) is 29.2 Å². The molecule has 2 aliphatic rings. The van der Waals surface area contributed by atoms with Crippen LogP contribution in [0.15, 0.2) is 36.4 Å². The van der Waals surface area contributed by atoms with Crippen molar-refractivity contribution in [2.75, 3.05) is 31.1 Å². The predicted molar refractivity (Wildman–Crippen MR) is 108 cm³/mol. The van der Waals surface area contributed by atoms with Crippen LogP contribution in [0.5, 0.6) is 0 Å². The van der Waals surface area contributed by atoms with Crippen LogP contribution in [0.25, 0.3) is 11.3 Å². The molecule has 0 unspecified atom stereocenters. The number of aromatic nitrogens is 2. The maximum atomic E-state index is 12.5. The Bertz CT molecular complexity index is 775. The average molecular weight is 364 g/mol. The van der Waals surface area contributed by atoms with Crippen molar-refractivity contribution in [3.8, 4) is 11.3 Å². The molecule has 1 amide bonds. The minimum Gasteiger partial charge on any atom is -0.352 e. The molecule has 0 bridgehead atoms. The molecule has 1 saturated heterocycles. The summed E-state index contributed by atoms with van der Waals surface area (Å²) in [5.74, 6) is 1.85. The molecule has 5 nitrogen and oxygen atoms in total. The highest BCUT2D eigenvalue weighted by Gasteiger charge is 2.25. The highest BCUT2D eigenvalue weighted by atomic mass is 16.2. The van der Waals surface area contributed by atoms with Crippen LogP contribution in [0, 0.1) is 12.8 Å². The maximum Gasteiger partial charge on any atom is 0.222 e. The van der Waals surface area contributed by atoms with Crippen LogP contribution in [-0.4, -0.2) is 47.2 Å². The summed E-state index contributed by atoms with van der Waals surface area (Å²) in [4.78, 5) is 16.8. The lowest BCUT2D eigenvalue weighted by Crippen LogP contribution is -2.49. The zero-order chi connectivity index (χ0) is 18.6. The van der Waals surface area contributed by atoms with Gasteiger partial charge in [0.1, 0.15) is 0 Å². The molecule has 4 rings (SSSR count). The van der Waals surface area contributed by atoms with Gasteiger partial charge in [0.05, 0.1) is 5.69 Å². The van der Waals surface area contributed by atoms with Gasteiger partial charge in [-0.3, -0.25) is 4.79 Å². The van der Waals surface area contributed by atoms with Gasteiger partial charge in [-0.2, -0.15) is 0 Å². The number of anilines is 1. The largest absolute Gasteiger partial charge is 0.352 e. The number of carbonyl (C=O) groups is 1. The van der Waals surface area contributed by atoms with E-state index in [1.165, 1.54) is 31.2 Å². The number of nitrogens with zero attached hydrogens (tertiary/aromatic N) is 4. The fraction of sp³-hybridized carbons (Fsp3) is 0.500. The molecule has 0 spiro atoms. The van der Waals surface area contributed by atoms with Crippen LogP contribution < -0.4 is 4.90 Å². The summed E-state index contributed by atoms with van der Waals surface area (Å²) >= 11 is 0. The van der Waals surface area contributed by atoms with Crippen molar-refractivity contribution in [1.29, 1.82) is 0 Å². The smallest absolute Gasteiger partial charge is 0.222 e. The van der Waals surface area contributed by atoms with E-state index in [1.54, 1.807) is 0 Å². The van der Waals surface area contributed by atoms with Gasteiger partial charge < -0.3 is 9.80 Å². The summed E-state index contributed by atoms with van der Waals surface area (Å²) in [6, 6.07) is 12.3. The molecule has 0 N–H and O–H groups in total. The van der Waals surface area contributed by atoms with Crippen LogP contribution in [-0.2, 0) is 4.79 Å². The Morgan fingerprint density at radius 1 is 1.00 bits per heavy atom. The molecule has 1 aromatic carbocycles. The Kier molecular flexibility index (Phi) is 5.37. The lowest BCUT2D eigenvalue weighted by atomic mass is 10.0. The summed E-state index contributed by atoms with van der Waals surface area (Å²) < 4.78 is 0. The first-order valence-electron chi connectivity index (χ1n) is 10.1. The highest BCUT2D eigenvalue weighted by molar-refractivity contribution is 5.76. The molecule has 0 atom stereocenters. The second-order valence-electron chi connectivity index (χ2n) is 7.81. The molecule has 0 radical (unpaired) electrons. The van der Waals surface area contributed by atoms with Crippen molar-refractivity contribution in [3.63, 3.8) is 0 Å². The number of carbonyl (C=O) groups excluding carboxylic acids is 1. The molecule has 2 aromatic rings. The Hall–Kier alpha value is -2.43. The fourth-order valence-electron chi connectivity index (χ4n) is 4.27. The molecule has 1 aliphatic heterocycles. The van der Waals surface area contributed by atoms with Crippen LogP contribution in [0.2, 0.25) is 0 Å². The SMILES string of the molecule is Cc1ccccc1-c1ccc(N2CCN(C(=O)CC3CCCC3)CC2)nn1. The zero-order valence-electron chi connectivity index (χ0n) is 16.1. The monoisotopic (exact) mass is 364 g/mol. The first-order chi connectivity index (χ1) is 13.2. The van der Waals surface area contributed by atoms with Crippen molar-refractivity contribution in [3.05, 3.63) is 42.0 Å². The van der Waals surface area contributed by atoms with Gasteiger partial charge in [0.2, 0.25) is 5.91 Å². The summed E-state index contributed by atoms with van der Waals surface area (Å²) in [5.41, 5.74) is 3.23. The Morgan fingerprint density at radius 2 is 1.74 bits per heavy atom. The number of benzene rings is 1. The summed E-state index contributed by atoms with van der Waals surface area (Å²) in [6.07, 6.45) is 5.79. The van der Waals surface area contributed by atoms with E-state index >= 15 is 0 Å². The van der Waals surface area contributed by atoms with Crippen LogP contribution in [0.3, 0.4) is 0 Å². The number of hydrogen-bond donors (Lipinski definition) is 0. The lowest BCUT2D eigenvalue weighted by molar-refractivity contribution is -0.132. The maximum absolute atomic E-state index is 12.5. The summed E-state index contributed by atoms with van der Waals surface area (Å²) in [5, 5.41) is 8.88. The van der Waals surface area contributed by atoms with E-state index in [9.17, 15) is 4.79 Å². The third kappa shape index (κ3) is 4.12. The number of piperazine rings is 1. The minimum atomic E-state index is 0.336. The first-order valence-corrected chi connectivity index (χ1v) is 10.1. The number of amides is 1. The van der Waals surface area contributed by atoms with Crippen molar-refractivity contribution >= 4 is 11.7 Å². The van der Waals surface area contributed by atoms with E-state index in [0.717, 1.165) is 49.7 Å². The van der Waals surface area contributed by atoms with Gasteiger partial charge in [-0.15, -0.1) is 10.2 Å². The molecular weight excluding hydrogens is 336 g/mol. The molecular formula is C22H28N4O. The van der Waals surface area contributed by atoms with E-state index in [-0.39, 0.29) is 0 Å². The van der Waals surface area contributed by atoms with Gasteiger partial charge in [0.15, 0.2) is 5.82 Å². The van der Waals surface area contributed by atoms with E-state index in [0.29, 0.717) is 11.8 Å². The zero-order valence-corrected chi connectivity index (χ0v) is 16.1. The van der Waals surface area contributed by atoms with Crippen molar-refractivity contribution in [1.82, 2.24) is 15.1 Å². The number of rotatable bonds is 4. The van der Waals surface area contributed by atoms with Crippen molar-refractivity contribution in [2.24, 2.45) is 5.92 Å². The molecule has 142 valence electrons. The standard InChI is InChI=1S/C22H28N4O/c1-17-6-2-5-9-19(17)20-10-11-21(24-23-20)25-12-14-26(15-13-25)22(27)16-18-7-3-4-8-18/h2,5-6,9-11,18H,3-4,7-8,12-16H2,1H3. The average Bonchev–Trinajstić information content (AvgIpc) is 3.22. The van der Waals surface area contributed by atoms with Gasteiger partial charge in [-0.05, 0) is 43.4 Å². The van der Waals surface area contributed by atoms with Gasteiger partial charge in [0, 0.05) is 38.2 Å². The highest BCUT2D eigenvalue weighted by Crippen LogP contribution is 2.28. The second kappa shape index (κ2) is 8.07. The Morgan fingerprint density at radius 3 is 2.41 bits per heavy atom. The normalized spacial score (nSPS) is 18.1.